The third-order valence-corrected chi connectivity index (χ3v) is 5.34. The summed E-state index contributed by atoms with van der Waals surface area (Å²) in [5, 5.41) is 0.709. The fourth-order valence-corrected chi connectivity index (χ4v) is 3.47. The summed E-state index contributed by atoms with van der Waals surface area (Å²) in [6.07, 6.45) is 1.83. The number of benzene rings is 3. The van der Waals surface area contributed by atoms with E-state index in [1.165, 1.54) is 5.69 Å². The Bertz CT molecular complexity index is 1010. The van der Waals surface area contributed by atoms with Crippen molar-refractivity contribution in [1.82, 2.24) is 0 Å². The van der Waals surface area contributed by atoms with Crippen LogP contribution in [-0.4, -0.2) is 39.6 Å². The van der Waals surface area contributed by atoms with Crippen LogP contribution in [0.1, 0.15) is 11.1 Å². The number of nitrogens with zero attached hydrogens (tertiary/aromatic N) is 2. The summed E-state index contributed by atoms with van der Waals surface area (Å²) in [6, 6.07) is 21.6. The van der Waals surface area contributed by atoms with Crippen LogP contribution in [0.2, 0.25) is 5.02 Å². The highest BCUT2D eigenvalue weighted by atomic mass is 35.5. The molecule has 4 rings (SSSR count). The van der Waals surface area contributed by atoms with Crippen molar-refractivity contribution < 1.29 is 14.2 Å². The average molecular weight is 437 g/mol. The molecule has 1 fully saturated rings. The Morgan fingerprint density at radius 3 is 2.42 bits per heavy atom. The number of methoxy groups -OCH3 is 1. The molecule has 0 amide bonds. The summed E-state index contributed by atoms with van der Waals surface area (Å²) >= 11 is 5.93. The molecule has 0 unspecified atom stereocenters. The number of aliphatic imine (C=N–C) groups is 1. The maximum atomic E-state index is 5.93. The van der Waals surface area contributed by atoms with E-state index in [1.54, 1.807) is 7.11 Å². The van der Waals surface area contributed by atoms with Gasteiger partial charge in [-0.05, 0) is 65.7 Å². The van der Waals surface area contributed by atoms with E-state index >= 15 is 0 Å². The first-order chi connectivity index (χ1) is 15.2. The minimum atomic E-state index is 0.441. The molecule has 1 aliphatic rings. The van der Waals surface area contributed by atoms with Crippen LogP contribution in [0.25, 0.3) is 0 Å². The summed E-state index contributed by atoms with van der Waals surface area (Å²) in [5.74, 6) is 1.35. The molecule has 1 aliphatic heterocycles. The molecule has 3 aromatic carbocycles. The minimum Gasteiger partial charge on any atom is -0.493 e. The number of halogens is 1. The SMILES string of the molecule is COc1cc(C=Nc2ccc(N3CCOCC3)cc2)ccc1OCc1ccc(Cl)cc1. The lowest BCUT2D eigenvalue weighted by atomic mass is 10.2. The van der Waals surface area contributed by atoms with Gasteiger partial charge in [0.15, 0.2) is 11.5 Å². The molecular formula is C25H25ClN2O3. The summed E-state index contributed by atoms with van der Waals surface area (Å²) in [7, 11) is 1.63. The Balaban J connectivity index is 1.40. The molecule has 3 aromatic rings. The predicted molar refractivity (Wildman–Crippen MR) is 126 cm³/mol. The molecule has 6 heteroatoms. The van der Waals surface area contributed by atoms with Gasteiger partial charge in [0.25, 0.3) is 0 Å². The highest BCUT2D eigenvalue weighted by Crippen LogP contribution is 2.29. The largest absolute Gasteiger partial charge is 0.493 e. The van der Waals surface area contributed by atoms with Gasteiger partial charge in [0.05, 0.1) is 26.0 Å². The molecule has 5 nitrogen and oxygen atoms in total. The number of morpholine rings is 1. The van der Waals surface area contributed by atoms with Gasteiger partial charge in [0.2, 0.25) is 0 Å². The smallest absolute Gasteiger partial charge is 0.161 e. The van der Waals surface area contributed by atoms with Crippen molar-refractivity contribution in [3.05, 3.63) is 82.9 Å². The van der Waals surface area contributed by atoms with Crippen LogP contribution < -0.4 is 14.4 Å². The molecular weight excluding hydrogens is 412 g/mol. The van der Waals surface area contributed by atoms with E-state index in [4.69, 9.17) is 25.8 Å². The Morgan fingerprint density at radius 1 is 0.968 bits per heavy atom. The van der Waals surface area contributed by atoms with E-state index < -0.39 is 0 Å². The van der Waals surface area contributed by atoms with E-state index in [2.05, 4.69) is 22.0 Å². The first kappa shape index (κ1) is 21.2. The number of rotatable bonds is 7. The lowest BCUT2D eigenvalue weighted by Crippen LogP contribution is -2.36. The summed E-state index contributed by atoms with van der Waals surface area (Å²) in [5.41, 5.74) is 4.08. The van der Waals surface area contributed by atoms with Crippen LogP contribution in [0.15, 0.2) is 71.7 Å². The Kier molecular flexibility index (Phi) is 7.07. The molecule has 0 spiro atoms. The number of ether oxygens (including phenoxy) is 3. The van der Waals surface area contributed by atoms with Gasteiger partial charge >= 0.3 is 0 Å². The molecule has 0 saturated carbocycles. The number of hydrogen-bond acceptors (Lipinski definition) is 5. The van der Waals surface area contributed by atoms with Crippen molar-refractivity contribution in [3.63, 3.8) is 0 Å². The zero-order valence-electron chi connectivity index (χ0n) is 17.5. The standard InChI is InChI=1S/C25H25ClN2O3/c1-29-25-16-20(4-11-24(25)31-18-19-2-5-21(26)6-3-19)17-27-22-7-9-23(10-8-22)28-12-14-30-15-13-28/h2-11,16-17H,12-15,18H2,1H3. The second-order valence-corrected chi connectivity index (χ2v) is 7.64. The normalized spacial score (nSPS) is 14.1. The third-order valence-electron chi connectivity index (χ3n) is 5.08. The van der Waals surface area contributed by atoms with Gasteiger partial charge in [0, 0.05) is 30.0 Å². The lowest BCUT2D eigenvalue weighted by Gasteiger charge is -2.28. The van der Waals surface area contributed by atoms with E-state index in [9.17, 15) is 0 Å². The Morgan fingerprint density at radius 2 is 1.71 bits per heavy atom. The molecule has 0 N–H and O–H groups in total. The van der Waals surface area contributed by atoms with Crippen LogP contribution in [0.4, 0.5) is 11.4 Å². The fourth-order valence-electron chi connectivity index (χ4n) is 3.35. The zero-order chi connectivity index (χ0) is 21.5. The van der Waals surface area contributed by atoms with Gasteiger partial charge in [-0.3, -0.25) is 4.99 Å². The van der Waals surface area contributed by atoms with E-state index in [-0.39, 0.29) is 0 Å². The van der Waals surface area contributed by atoms with Gasteiger partial charge in [-0.1, -0.05) is 23.7 Å². The molecule has 0 bridgehead atoms. The van der Waals surface area contributed by atoms with Crippen molar-refractivity contribution in [1.29, 1.82) is 0 Å². The predicted octanol–water partition coefficient (Wildman–Crippen LogP) is 5.51. The zero-order valence-corrected chi connectivity index (χ0v) is 18.2. The van der Waals surface area contributed by atoms with Crippen molar-refractivity contribution in [2.75, 3.05) is 38.3 Å². The quantitative estimate of drug-likeness (QED) is 0.458. The molecule has 1 heterocycles. The summed E-state index contributed by atoms with van der Waals surface area (Å²) in [6.45, 7) is 3.85. The lowest BCUT2D eigenvalue weighted by molar-refractivity contribution is 0.122. The van der Waals surface area contributed by atoms with Gasteiger partial charge in [-0.15, -0.1) is 0 Å². The van der Waals surface area contributed by atoms with Crippen LogP contribution in [0.5, 0.6) is 11.5 Å². The third kappa shape index (κ3) is 5.78. The highest BCUT2D eigenvalue weighted by Gasteiger charge is 2.10. The topological polar surface area (TPSA) is 43.3 Å². The first-order valence-corrected chi connectivity index (χ1v) is 10.6. The van der Waals surface area contributed by atoms with Crippen molar-refractivity contribution >= 4 is 29.2 Å². The highest BCUT2D eigenvalue weighted by molar-refractivity contribution is 6.30. The van der Waals surface area contributed by atoms with E-state index in [0.29, 0.717) is 23.1 Å². The van der Waals surface area contributed by atoms with E-state index in [0.717, 1.165) is 43.1 Å². The van der Waals surface area contributed by atoms with Gasteiger partial charge < -0.3 is 19.1 Å². The molecule has 31 heavy (non-hydrogen) atoms. The van der Waals surface area contributed by atoms with Gasteiger partial charge in [0.1, 0.15) is 6.61 Å². The Labute approximate surface area is 187 Å². The monoisotopic (exact) mass is 436 g/mol. The van der Waals surface area contributed by atoms with Crippen LogP contribution >= 0.6 is 11.6 Å². The maximum absolute atomic E-state index is 5.93. The van der Waals surface area contributed by atoms with Crippen LogP contribution in [0.3, 0.4) is 0 Å². The van der Waals surface area contributed by atoms with Crippen molar-refractivity contribution in [2.45, 2.75) is 6.61 Å². The maximum Gasteiger partial charge on any atom is 0.161 e. The molecule has 160 valence electrons. The van der Waals surface area contributed by atoms with E-state index in [1.807, 2.05) is 60.8 Å². The molecule has 0 aromatic heterocycles. The first-order valence-electron chi connectivity index (χ1n) is 10.2. The summed E-state index contributed by atoms with van der Waals surface area (Å²) in [4.78, 5) is 6.92. The average Bonchev–Trinajstić information content (AvgIpc) is 2.83. The van der Waals surface area contributed by atoms with Crippen molar-refractivity contribution in [3.8, 4) is 11.5 Å². The fraction of sp³-hybridized carbons (Fsp3) is 0.240. The van der Waals surface area contributed by atoms with Crippen LogP contribution in [0, 0.1) is 0 Å². The summed E-state index contributed by atoms with van der Waals surface area (Å²) < 4.78 is 16.8. The molecule has 0 atom stereocenters. The second kappa shape index (κ2) is 10.3. The van der Waals surface area contributed by atoms with Gasteiger partial charge in [-0.2, -0.15) is 0 Å². The number of hydrogen-bond donors (Lipinski definition) is 0. The van der Waals surface area contributed by atoms with Crippen LogP contribution in [-0.2, 0) is 11.3 Å². The molecule has 1 saturated heterocycles. The van der Waals surface area contributed by atoms with Crippen molar-refractivity contribution in [2.24, 2.45) is 4.99 Å². The Hall–Kier alpha value is -3.02. The minimum absolute atomic E-state index is 0.441. The molecule has 0 aliphatic carbocycles. The second-order valence-electron chi connectivity index (χ2n) is 7.20. The number of anilines is 1. The van der Waals surface area contributed by atoms with Gasteiger partial charge in [-0.25, -0.2) is 0 Å². The molecule has 0 radical (unpaired) electrons.